The Morgan fingerprint density at radius 1 is 0.846 bits per heavy atom. The molecule has 0 bridgehead atoms. The number of ether oxygens (including phenoxy) is 1. The van der Waals surface area contributed by atoms with Crippen LogP contribution in [0.4, 0.5) is 0 Å². The molecule has 39 heavy (non-hydrogen) atoms. The molecule has 0 saturated carbocycles. The van der Waals surface area contributed by atoms with Crippen molar-refractivity contribution in [2.75, 3.05) is 6.26 Å². The summed E-state index contributed by atoms with van der Waals surface area (Å²) in [6, 6.07) is 32.4. The first-order valence-electron chi connectivity index (χ1n) is 12.8. The van der Waals surface area contributed by atoms with E-state index in [0.29, 0.717) is 23.3 Å². The Hall–Kier alpha value is -4.29. The molecule has 5 aromatic rings. The number of pyridine rings is 1. The highest BCUT2D eigenvalue weighted by atomic mass is 32.2. The summed E-state index contributed by atoms with van der Waals surface area (Å²) in [4.78, 5) is 17.7. The fourth-order valence-electron chi connectivity index (χ4n) is 4.59. The molecule has 5 rings (SSSR count). The molecule has 1 aromatic heterocycles. The minimum absolute atomic E-state index is 0.0855. The lowest BCUT2D eigenvalue weighted by molar-refractivity contribution is 0.103. The summed E-state index contributed by atoms with van der Waals surface area (Å²) in [6.45, 7) is 2.02. The number of sulfone groups is 1. The van der Waals surface area contributed by atoms with E-state index in [9.17, 15) is 13.2 Å². The van der Waals surface area contributed by atoms with Crippen LogP contribution in [-0.2, 0) is 22.9 Å². The van der Waals surface area contributed by atoms with Gasteiger partial charge in [0.05, 0.1) is 16.3 Å². The monoisotopic (exact) mass is 535 g/mol. The number of carbonyl (C=O) groups is 1. The predicted octanol–water partition coefficient (Wildman–Crippen LogP) is 6.69. The Bertz CT molecular complexity index is 1750. The summed E-state index contributed by atoms with van der Waals surface area (Å²) >= 11 is 0. The van der Waals surface area contributed by atoms with Gasteiger partial charge in [-0.2, -0.15) is 0 Å². The van der Waals surface area contributed by atoms with Crippen LogP contribution in [0.25, 0.3) is 22.0 Å². The number of ketones is 1. The van der Waals surface area contributed by atoms with Crippen molar-refractivity contribution in [3.8, 4) is 16.9 Å². The van der Waals surface area contributed by atoms with Crippen molar-refractivity contribution in [1.29, 1.82) is 0 Å². The van der Waals surface area contributed by atoms with Gasteiger partial charge in [-0.05, 0) is 66.4 Å². The van der Waals surface area contributed by atoms with Gasteiger partial charge in [-0.25, -0.2) is 8.42 Å². The average molecular weight is 536 g/mol. The number of hydrogen-bond donors (Lipinski definition) is 0. The molecule has 0 aliphatic rings. The van der Waals surface area contributed by atoms with Crippen LogP contribution < -0.4 is 4.74 Å². The van der Waals surface area contributed by atoms with E-state index in [1.807, 2.05) is 78.9 Å². The van der Waals surface area contributed by atoms with Gasteiger partial charge in [0.2, 0.25) is 0 Å². The fourth-order valence-corrected chi connectivity index (χ4v) is 5.09. The normalized spacial score (nSPS) is 12.3. The van der Waals surface area contributed by atoms with E-state index in [0.717, 1.165) is 33.2 Å². The first-order chi connectivity index (χ1) is 18.8. The molecule has 0 aliphatic carbocycles. The van der Waals surface area contributed by atoms with Gasteiger partial charge in [0.25, 0.3) is 0 Å². The highest BCUT2D eigenvalue weighted by Gasteiger charge is 2.18. The van der Waals surface area contributed by atoms with Crippen molar-refractivity contribution in [3.05, 3.63) is 132 Å². The average Bonchev–Trinajstić information content (AvgIpc) is 2.95. The molecule has 0 N–H and O–H groups in total. The number of nitrogens with zero attached hydrogens (tertiary/aromatic N) is 1. The summed E-state index contributed by atoms with van der Waals surface area (Å²) in [6.07, 6.45) is 3.46. The Balaban J connectivity index is 1.44. The Kier molecular flexibility index (Phi) is 7.57. The fraction of sp³-hybridized carbons (Fsp3) is 0.152. The number of benzene rings is 4. The van der Waals surface area contributed by atoms with Gasteiger partial charge in [-0.1, -0.05) is 66.7 Å². The van der Waals surface area contributed by atoms with Crippen LogP contribution in [0.1, 0.15) is 34.0 Å². The second-order valence-corrected chi connectivity index (χ2v) is 12.2. The number of rotatable bonds is 9. The van der Waals surface area contributed by atoms with E-state index in [2.05, 4.69) is 11.1 Å². The maximum Gasteiger partial charge on any atom is 0.196 e. The molecule has 1 heterocycles. The SMILES string of the molecule is CC(Cc1cc(-c2cccc(COc3ccccc3C(=O)c3ccccc3)c2)c2ncccc2c1)S(C)(=O)=O. The van der Waals surface area contributed by atoms with E-state index in [1.165, 1.54) is 6.26 Å². The summed E-state index contributed by atoms with van der Waals surface area (Å²) in [7, 11) is -3.16. The first-order valence-corrected chi connectivity index (χ1v) is 14.7. The standard InChI is InChI=1S/C33H29NO4S/c1-23(39(2,36)37)18-25-20-28-14-9-17-34-32(28)30(21-25)27-13-8-10-24(19-27)22-38-31-16-7-6-15-29(31)33(35)26-11-4-3-5-12-26/h3-17,19-21,23H,18,22H2,1-2H3. The van der Waals surface area contributed by atoms with Crippen molar-refractivity contribution < 1.29 is 17.9 Å². The highest BCUT2D eigenvalue weighted by Crippen LogP contribution is 2.31. The lowest BCUT2D eigenvalue weighted by atomic mass is 9.96. The first kappa shape index (κ1) is 26.3. The number of para-hydroxylation sites is 1. The minimum atomic E-state index is -3.16. The number of aromatic nitrogens is 1. The number of carbonyl (C=O) groups excluding carboxylic acids is 1. The molecule has 196 valence electrons. The van der Waals surface area contributed by atoms with Crippen molar-refractivity contribution in [3.63, 3.8) is 0 Å². The highest BCUT2D eigenvalue weighted by molar-refractivity contribution is 7.91. The Labute approximate surface area is 229 Å². The third kappa shape index (κ3) is 6.07. The third-order valence-electron chi connectivity index (χ3n) is 6.82. The second-order valence-electron chi connectivity index (χ2n) is 9.74. The van der Waals surface area contributed by atoms with Crippen LogP contribution in [0.3, 0.4) is 0 Å². The van der Waals surface area contributed by atoms with Gasteiger partial charge in [0.15, 0.2) is 5.78 Å². The number of hydrogen-bond acceptors (Lipinski definition) is 5. The molecule has 1 unspecified atom stereocenters. The summed E-state index contributed by atoms with van der Waals surface area (Å²) in [5.41, 5.74) is 5.76. The van der Waals surface area contributed by atoms with Crippen LogP contribution in [0.5, 0.6) is 5.75 Å². The molecule has 0 aliphatic heterocycles. The van der Waals surface area contributed by atoms with Crippen LogP contribution in [0.15, 0.2) is 109 Å². The zero-order valence-electron chi connectivity index (χ0n) is 21.9. The van der Waals surface area contributed by atoms with E-state index < -0.39 is 15.1 Å². The lowest BCUT2D eigenvalue weighted by Crippen LogP contribution is -2.18. The Morgan fingerprint density at radius 2 is 1.62 bits per heavy atom. The van der Waals surface area contributed by atoms with Crippen molar-refractivity contribution in [2.45, 2.75) is 25.2 Å². The molecule has 0 amide bonds. The third-order valence-corrected chi connectivity index (χ3v) is 8.45. The quantitative estimate of drug-likeness (QED) is 0.197. The van der Waals surface area contributed by atoms with E-state index in [4.69, 9.17) is 4.74 Å². The second kappa shape index (κ2) is 11.2. The zero-order chi connectivity index (χ0) is 27.4. The molecule has 4 aromatic carbocycles. The largest absolute Gasteiger partial charge is 0.488 e. The predicted molar refractivity (Wildman–Crippen MR) is 156 cm³/mol. The van der Waals surface area contributed by atoms with Crippen molar-refractivity contribution in [1.82, 2.24) is 4.98 Å². The molecule has 0 spiro atoms. The van der Waals surface area contributed by atoms with Gasteiger partial charge in [0, 0.05) is 29.0 Å². The van der Waals surface area contributed by atoms with Crippen molar-refractivity contribution >= 4 is 26.5 Å². The molecule has 0 radical (unpaired) electrons. The molecular weight excluding hydrogens is 506 g/mol. The summed E-state index contributed by atoms with van der Waals surface area (Å²) < 4.78 is 30.3. The molecule has 1 atom stereocenters. The van der Waals surface area contributed by atoms with Crippen molar-refractivity contribution in [2.24, 2.45) is 0 Å². The van der Waals surface area contributed by atoms with Crippen LogP contribution in [0, 0.1) is 0 Å². The van der Waals surface area contributed by atoms with Gasteiger partial charge >= 0.3 is 0 Å². The maximum atomic E-state index is 13.1. The van der Waals surface area contributed by atoms with Crippen LogP contribution >= 0.6 is 0 Å². The summed E-state index contributed by atoms with van der Waals surface area (Å²) in [5, 5.41) is 0.471. The van der Waals surface area contributed by atoms with Gasteiger partial charge in [-0.3, -0.25) is 9.78 Å². The number of fused-ring (bicyclic) bond motifs is 1. The minimum Gasteiger partial charge on any atom is -0.488 e. The summed E-state index contributed by atoms with van der Waals surface area (Å²) in [5.74, 6) is 0.443. The van der Waals surface area contributed by atoms with Gasteiger partial charge in [0.1, 0.15) is 22.2 Å². The topological polar surface area (TPSA) is 73.3 Å². The van der Waals surface area contributed by atoms with E-state index in [1.54, 1.807) is 31.3 Å². The molecule has 0 saturated heterocycles. The van der Waals surface area contributed by atoms with Crippen LogP contribution in [-0.4, -0.2) is 30.7 Å². The molecule has 5 nitrogen and oxygen atoms in total. The van der Waals surface area contributed by atoms with Gasteiger partial charge < -0.3 is 4.74 Å². The Morgan fingerprint density at radius 3 is 2.41 bits per heavy atom. The van der Waals surface area contributed by atoms with E-state index in [-0.39, 0.29) is 12.4 Å². The smallest absolute Gasteiger partial charge is 0.196 e. The van der Waals surface area contributed by atoms with Gasteiger partial charge in [-0.15, -0.1) is 0 Å². The lowest BCUT2D eigenvalue weighted by Gasteiger charge is -2.14. The molecule has 6 heteroatoms. The van der Waals surface area contributed by atoms with E-state index >= 15 is 0 Å². The zero-order valence-corrected chi connectivity index (χ0v) is 22.7. The van der Waals surface area contributed by atoms with Crippen LogP contribution in [0.2, 0.25) is 0 Å². The molecular formula is C33H29NO4S. The molecule has 0 fully saturated rings. The maximum absolute atomic E-state index is 13.1.